The number of carbonyl (C=O) groups is 1. The van der Waals surface area contributed by atoms with Gasteiger partial charge in [0.2, 0.25) is 0 Å². The first-order valence-corrected chi connectivity index (χ1v) is 8.88. The molecule has 1 N–H and O–H groups in total. The van der Waals surface area contributed by atoms with Crippen molar-refractivity contribution >= 4 is 17.2 Å². The van der Waals surface area contributed by atoms with Crippen LogP contribution in [0, 0.1) is 20.8 Å². The van der Waals surface area contributed by atoms with E-state index in [1.165, 1.54) is 16.0 Å². The van der Waals surface area contributed by atoms with Gasteiger partial charge in [-0.25, -0.2) is 0 Å². The largest absolute Gasteiger partial charge is 0.466 e. The Morgan fingerprint density at radius 2 is 1.92 bits per heavy atom. The number of benzene rings is 1. The average molecular weight is 339 g/mol. The molecule has 1 unspecified atom stereocenters. The number of rotatable bonds is 5. The summed E-state index contributed by atoms with van der Waals surface area (Å²) in [6.07, 6.45) is 0.768. The molecule has 4 heteroatoms. The van der Waals surface area contributed by atoms with Gasteiger partial charge >= 0.3 is 0 Å². The van der Waals surface area contributed by atoms with Crippen LogP contribution in [0.15, 0.2) is 52.3 Å². The molecule has 3 nitrogen and oxygen atoms in total. The lowest BCUT2D eigenvalue weighted by molar-refractivity contribution is 0.0935. The molecule has 124 valence electrons. The first-order valence-electron chi connectivity index (χ1n) is 8.00. The summed E-state index contributed by atoms with van der Waals surface area (Å²) in [6, 6.07) is 14.1. The molecule has 0 fully saturated rings. The van der Waals surface area contributed by atoms with Crippen molar-refractivity contribution in [1.82, 2.24) is 5.32 Å². The minimum Gasteiger partial charge on any atom is -0.466 e. The Bertz CT molecular complexity index is 832. The van der Waals surface area contributed by atoms with E-state index in [0.29, 0.717) is 11.3 Å². The van der Waals surface area contributed by atoms with E-state index in [4.69, 9.17) is 4.42 Å². The maximum absolute atomic E-state index is 12.7. The Hall–Kier alpha value is -2.33. The second-order valence-electron chi connectivity index (χ2n) is 6.01. The maximum atomic E-state index is 12.7. The Morgan fingerprint density at radius 3 is 2.50 bits per heavy atom. The lowest BCUT2D eigenvalue weighted by Crippen LogP contribution is -2.30. The van der Waals surface area contributed by atoms with E-state index in [0.717, 1.165) is 12.2 Å². The van der Waals surface area contributed by atoms with Gasteiger partial charge < -0.3 is 9.73 Å². The predicted molar refractivity (Wildman–Crippen MR) is 97.6 cm³/mol. The molecule has 0 saturated heterocycles. The molecule has 0 spiro atoms. The van der Waals surface area contributed by atoms with Crippen LogP contribution in [0.5, 0.6) is 0 Å². The summed E-state index contributed by atoms with van der Waals surface area (Å²) >= 11 is 1.69. The molecule has 0 aliphatic heterocycles. The molecule has 1 amide bonds. The molecule has 0 saturated carbocycles. The minimum atomic E-state index is -0.0851. The first-order chi connectivity index (χ1) is 11.5. The van der Waals surface area contributed by atoms with Crippen molar-refractivity contribution in [2.24, 2.45) is 0 Å². The van der Waals surface area contributed by atoms with Crippen LogP contribution < -0.4 is 5.32 Å². The molecule has 0 aliphatic carbocycles. The highest BCUT2D eigenvalue weighted by molar-refractivity contribution is 7.10. The fourth-order valence-electron chi connectivity index (χ4n) is 2.89. The maximum Gasteiger partial charge on any atom is 0.255 e. The van der Waals surface area contributed by atoms with E-state index < -0.39 is 0 Å². The molecule has 1 atom stereocenters. The van der Waals surface area contributed by atoms with E-state index in [1.54, 1.807) is 17.4 Å². The zero-order valence-corrected chi connectivity index (χ0v) is 14.9. The molecule has 2 heterocycles. The Kier molecular flexibility index (Phi) is 4.86. The molecular formula is C20H21NO2S. The Labute approximate surface area is 146 Å². The fraction of sp³-hybridized carbons (Fsp3) is 0.250. The van der Waals surface area contributed by atoms with E-state index in [2.05, 4.69) is 35.8 Å². The van der Waals surface area contributed by atoms with Gasteiger partial charge in [0.1, 0.15) is 11.5 Å². The third-order valence-corrected chi connectivity index (χ3v) is 5.22. The molecular weight excluding hydrogens is 318 g/mol. The summed E-state index contributed by atoms with van der Waals surface area (Å²) < 4.78 is 5.49. The van der Waals surface area contributed by atoms with Crippen LogP contribution in [0.3, 0.4) is 0 Å². The summed E-state index contributed by atoms with van der Waals surface area (Å²) in [4.78, 5) is 13.9. The number of nitrogens with one attached hydrogen (secondary N) is 1. The van der Waals surface area contributed by atoms with E-state index in [9.17, 15) is 4.79 Å². The SMILES string of the molecule is Cc1cc(C(=O)NC(Cc2ccccc2)c2sccc2C)c(C)o1. The lowest BCUT2D eigenvalue weighted by Gasteiger charge is -2.19. The van der Waals surface area contributed by atoms with E-state index in [-0.39, 0.29) is 11.9 Å². The predicted octanol–water partition coefficient (Wildman–Crippen LogP) is 4.98. The minimum absolute atomic E-state index is 0.0468. The van der Waals surface area contributed by atoms with E-state index in [1.807, 2.05) is 32.0 Å². The highest BCUT2D eigenvalue weighted by Gasteiger charge is 2.21. The molecule has 24 heavy (non-hydrogen) atoms. The van der Waals surface area contributed by atoms with Gasteiger partial charge in [0, 0.05) is 4.88 Å². The van der Waals surface area contributed by atoms with Crippen LogP contribution in [0.4, 0.5) is 0 Å². The Balaban J connectivity index is 1.86. The molecule has 3 aromatic rings. The zero-order chi connectivity index (χ0) is 17.1. The van der Waals surface area contributed by atoms with Crippen LogP contribution >= 0.6 is 11.3 Å². The summed E-state index contributed by atoms with van der Waals surface area (Å²) in [5.41, 5.74) is 3.02. The number of hydrogen-bond donors (Lipinski definition) is 1. The van der Waals surface area contributed by atoms with Crippen molar-refractivity contribution in [3.05, 3.63) is 80.9 Å². The quantitative estimate of drug-likeness (QED) is 0.712. The van der Waals surface area contributed by atoms with Crippen LogP contribution in [-0.4, -0.2) is 5.91 Å². The van der Waals surface area contributed by atoms with Crippen molar-refractivity contribution < 1.29 is 9.21 Å². The van der Waals surface area contributed by atoms with Gasteiger partial charge in [0.25, 0.3) is 5.91 Å². The van der Waals surface area contributed by atoms with Crippen LogP contribution in [0.25, 0.3) is 0 Å². The van der Waals surface area contributed by atoms with Gasteiger partial charge in [0.15, 0.2) is 0 Å². The second kappa shape index (κ2) is 7.05. The van der Waals surface area contributed by atoms with E-state index >= 15 is 0 Å². The van der Waals surface area contributed by atoms with Crippen LogP contribution in [-0.2, 0) is 6.42 Å². The van der Waals surface area contributed by atoms with Crippen molar-refractivity contribution in [3.8, 4) is 0 Å². The summed E-state index contributed by atoms with van der Waals surface area (Å²) in [5.74, 6) is 1.33. The van der Waals surface area contributed by atoms with Crippen LogP contribution in [0.1, 0.15) is 43.9 Å². The monoisotopic (exact) mass is 339 g/mol. The summed E-state index contributed by atoms with van der Waals surface area (Å²) in [7, 11) is 0. The number of aryl methyl sites for hydroxylation is 3. The van der Waals surface area contributed by atoms with Gasteiger partial charge in [-0.2, -0.15) is 0 Å². The number of furan rings is 1. The van der Waals surface area contributed by atoms with Crippen LogP contribution in [0.2, 0.25) is 0 Å². The topological polar surface area (TPSA) is 42.2 Å². The zero-order valence-electron chi connectivity index (χ0n) is 14.1. The molecule has 0 bridgehead atoms. The van der Waals surface area contributed by atoms with Gasteiger partial charge in [-0.3, -0.25) is 4.79 Å². The summed E-state index contributed by atoms with van der Waals surface area (Å²) in [6.45, 7) is 5.77. The van der Waals surface area contributed by atoms with Gasteiger partial charge in [-0.1, -0.05) is 30.3 Å². The smallest absolute Gasteiger partial charge is 0.255 e. The van der Waals surface area contributed by atoms with Gasteiger partial charge in [-0.15, -0.1) is 11.3 Å². The standard InChI is InChI=1S/C20H21NO2S/c1-13-9-10-24-19(13)18(12-16-7-5-4-6-8-16)21-20(22)17-11-14(2)23-15(17)3/h4-11,18H,12H2,1-3H3,(H,21,22). The Morgan fingerprint density at radius 1 is 1.17 bits per heavy atom. The lowest BCUT2D eigenvalue weighted by atomic mass is 10.0. The summed E-state index contributed by atoms with van der Waals surface area (Å²) in [5, 5.41) is 5.26. The number of thiophene rings is 1. The highest BCUT2D eigenvalue weighted by atomic mass is 32.1. The third kappa shape index (κ3) is 3.60. The van der Waals surface area contributed by atoms with Crippen molar-refractivity contribution in [2.45, 2.75) is 33.2 Å². The fourth-order valence-corrected chi connectivity index (χ4v) is 3.87. The van der Waals surface area contributed by atoms with Crippen molar-refractivity contribution in [1.29, 1.82) is 0 Å². The first kappa shape index (κ1) is 16.5. The highest BCUT2D eigenvalue weighted by Crippen LogP contribution is 2.27. The number of carbonyl (C=O) groups excluding carboxylic acids is 1. The van der Waals surface area contributed by atoms with Gasteiger partial charge in [-0.05, 0) is 55.8 Å². The number of amides is 1. The molecule has 1 aromatic carbocycles. The molecule has 0 aliphatic rings. The molecule has 3 rings (SSSR count). The molecule has 2 aromatic heterocycles. The van der Waals surface area contributed by atoms with Gasteiger partial charge in [0.05, 0.1) is 11.6 Å². The third-order valence-electron chi connectivity index (χ3n) is 4.09. The normalized spacial score (nSPS) is 12.1. The number of hydrogen-bond acceptors (Lipinski definition) is 3. The average Bonchev–Trinajstić information content (AvgIpc) is 3.13. The second-order valence-corrected chi connectivity index (χ2v) is 6.96. The molecule has 0 radical (unpaired) electrons. The van der Waals surface area contributed by atoms with Crippen molar-refractivity contribution in [3.63, 3.8) is 0 Å². The van der Waals surface area contributed by atoms with Crippen molar-refractivity contribution in [2.75, 3.05) is 0 Å².